The van der Waals surface area contributed by atoms with E-state index in [0.717, 1.165) is 6.29 Å². The number of rotatable bonds is 0. The van der Waals surface area contributed by atoms with Gasteiger partial charge in [0.2, 0.25) is 0 Å². The van der Waals surface area contributed by atoms with Gasteiger partial charge in [0.15, 0.2) is 0 Å². The Kier molecular flexibility index (Phi) is 68.6. The van der Waals surface area contributed by atoms with Crippen molar-refractivity contribution in [2.24, 2.45) is 0 Å². The monoisotopic (exact) mass is 100 g/mol. The van der Waals surface area contributed by atoms with Crippen LogP contribution >= 0.6 is 0 Å². The Morgan fingerprint density at radius 1 is 1.60 bits per heavy atom. The summed E-state index contributed by atoms with van der Waals surface area (Å²) in [5, 5.41) is 0. The SMILES string of the molecule is C.CC=O.[Ar]. The molecule has 0 radical (unpaired) electrons. The van der Waals surface area contributed by atoms with Crippen LogP contribution in [0.4, 0.5) is 0 Å². The number of hydrogen-bond acceptors (Lipinski definition) is 1. The van der Waals surface area contributed by atoms with Crippen molar-refractivity contribution in [3.05, 3.63) is 0 Å². The Morgan fingerprint density at radius 3 is 1.60 bits per heavy atom. The molecule has 0 fully saturated rings. The quantitative estimate of drug-likeness (QED) is 0.412. The fraction of sp³-hybridized carbons (Fsp3) is 0.667. The Hall–Kier alpha value is 0.930. The second-order valence-electron chi connectivity index (χ2n) is 0.236. The van der Waals surface area contributed by atoms with Crippen molar-refractivity contribution in [2.75, 3.05) is 0 Å². The van der Waals surface area contributed by atoms with Crippen LogP contribution < -0.4 is 0 Å². The molecular formula is C3H8ArO. The van der Waals surface area contributed by atoms with Crippen molar-refractivity contribution < 1.29 is 42.5 Å². The topological polar surface area (TPSA) is 17.1 Å². The minimum atomic E-state index is 0. The fourth-order valence-corrected chi connectivity index (χ4v) is 0. The predicted molar refractivity (Wildman–Crippen MR) is 18.5 cm³/mol. The third kappa shape index (κ3) is 49.0. The average molecular weight is 100 g/mol. The van der Waals surface area contributed by atoms with E-state index in [1.165, 1.54) is 6.92 Å². The zero-order chi connectivity index (χ0) is 2.71. The second-order valence-corrected chi connectivity index (χ2v) is 0.236. The molecule has 0 aliphatic heterocycles. The van der Waals surface area contributed by atoms with Crippen LogP contribution in [0.1, 0.15) is 14.4 Å². The summed E-state index contributed by atoms with van der Waals surface area (Å²) in [6, 6.07) is 0. The molecule has 2 heteroatoms. The maximum Gasteiger partial charge on any atom is 0.116 e. The van der Waals surface area contributed by atoms with E-state index < -0.39 is 0 Å². The van der Waals surface area contributed by atoms with E-state index in [1.807, 2.05) is 0 Å². The zero-order valence-corrected chi connectivity index (χ0v) is 3.05. The normalized spacial score (nSPS) is 2.60. The van der Waals surface area contributed by atoms with Crippen LogP contribution in [0.5, 0.6) is 0 Å². The van der Waals surface area contributed by atoms with Gasteiger partial charge in [-0.05, 0) is 6.92 Å². The van der Waals surface area contributed by atoms with Crippen molar-refractivity contribution in [3.8, 4) is 0 Å². The van der Waals surface area contributed by atoms with Crippen molar-refractivity contribution in [1.29, 1.82) is 0 Å². The van der Waals surface area contributed by atoms with E-state index in [4.69, 9.17) is 4.79 Å². The summed E-state index contributed by atoms with van der Waals surface area (Å²) in [4.78, 5) is 8.81. The van der Waals surface area contributed by atoms with Gasteiger partial charge in [-0.1, -0.05) is 7.43 Å². The van der Waals surface area contributed by atoms with Crippen molar-refractivity contribution >= 4 is 6.29 Å². The largest absolute Gasteiger partial charge is 0.304 e. The first-order valence-corrected chi connectivity index (χ1v) is 0.813. The first-order valence-electron chi connectivity index (χ1n) is 0.813. The van der Waals surface area contributed by atoms with Gasteiger partial charge in [-0.3, -0.25) is 0 Å². The maximum atomic E-state index is 8.81. The zero-order valence-electron chi connectivity index (χ0n) is 2.34. The summed E-state index contributed by atoms with van der Waals surface area (Å²) in [6.07, 6.45) is 0.750. The van der Waals surface area contributed by atoms with E-state index in [9.17, 15) is 0 Å². The van der Waals surface area contributed by atoms with E-state index in [2.05, 4.69) is 0 Å². The molecule has 0 saturated heterocycles. The number of aldehydes is 1. The molecule has 0 heterocycles. The standard InChI is InChI=1S/C2H4O.CH4.Ar/c1-2-3;;/h2H,1H3;1H4;. The summed E-state index contributed by atoms with van der Waals surface area (Å²) in [6.45, 7) is 1.44. The fourth-order valence-electron chi connectivity index (χ4n) is 0. The number of carbonyl (C=O) groups is 1. The second kappa shape index (κ2) is 20.4. The van der Waals surface area contributed by atoms with Gasteiger partial charge >= 0.3 is 0 Å². The molecule has 0 aromatic heterocycles. The van der Waals surface area contributed by atoms with E-state index in [1.54, 1.807) is 0 Å². The van der Waals surface area contributed by atoms with Crippen LogP contribution in [-0.2, 0) is 4.79 Å². The Morgan fingerprint density at radius 2 is 1.60 bits per heavy atom. The van der Waals surface area contributed by atoms with E-state index in [-0.39, 0.29) is 45.2 Å². The van der Waals surface area contributed by atoms with Crippen LogP contribution in [0.3, 0.4) is 0 Å². The summed E-state index contributed by atoms with van der Waals surface area (Å²) in [5.41, 5.74) is 0. The van der Waals surface area contributed by atoms with Gasteiger partial charge in [0, 0.05) is 37.7 Å². The summed E-state index contributed by atoms with van der Waals surface area (Å²) >= 11 is 0. The minimum Gasteiger partial charge on any atom is -0.304 e. The smallest absolute Gasteiger partial charge is 0.116 e. The number of carbonyl (C=O) groups excluding carboxylic acids is 1. The van der Waals surface area contributed by atoms with Gasteiger partial charge in [-0.2, -0.15) is 0 Å². The molecule has 0 spiro atoms. The van der Waals surface area contributed by atoms with E-state index >= 15 is 0 Å². The van der Waals surface area contributed by atoms with Crippen LogP contribution in [-0.4, -0.2) is 6.29 Å². The first kappa shape index (κ1) is 16.8. The third-order valence-corrected chi connectivity index (χ3v) is 0. The maximum absolute atomic E-state index is 8.81. The average Bonchev–Trinajstić information content (AvgIpc) is 0.918. The molecule has 5 heavy (non-hydrogen) atoms. The predicted octanol–water partition coefficient (Wildman–Crippen LogP) is 0.841. The first-order chi connectivity index (χ1) is 1.41. The number of hydrogen-bond donors (Lipinski definition) is 0. The Bertz CT molecular complexity index is 14.4. The van der Waals surface area contributed by atoms with Gasteiger partial charge in [0.05, 0.1) is 0 Å². The summed E-state index contributed by atoms with van der Waals surface area (Å²) < 4.78 is 0. The molecule has 0 atom stereocenters. The molecule has 0 aliphatic rings. The molecule has 0 saturated carbocycles. The van der Waals surface area contributed by atoms with Crippen LogP contribution in [0.25, 0.3) is 0 Å². The van der Waals surface area contributed by atoms with Crippen LogP contribution in [0.2, 0.25) is 0 Å². The molecule has 0 N–H and O–H groups in total. The van der Waals surface area contributed by atoms with Gasteiger partial charge in [-0.25, -0.2) is 0 Å². The summed E-state index contributed by atoms with van der Waals surface area (Å²) in [5.74, 6) is 0. The van der Waals surface area contributed by atoms with Gasteiger partial charge in [-0.15, -0.1) is 0 Å². The third-order valence-electron chi connectivity index (χ3n) is 0. The molecule has 0 aromatic carbocycles. The Labute approximate surface area is 62.8 Å². The molecular weight excluding hydrogens is 92.0 g/mol. The molecule has 0 unspecified atom stereocenters. The molecule has 34 valence electrons. The van der Waals surface area contributed by atoms with Crippen molar-refractivity contribution in [1.82, 2.24) is 0 Å². The van der Waals surface area contributed by atoms with Crippen LogP contribution in [0.15, 0.2) is 0 Å². The molecule has 1 nitrogen and oxygen atoms in total. The van der Waals surface area contributed by atoms with Gasteiger partial charge < -0.3 is 4.79 Å². The molecule has 0 aliphatic carbocycles. The Balaban J connectivity index is -0.0000000200. The summed E-state index contributed by atoms with van der Waals surface area (Å²) in [7, 11) is 0. The molecule has 0 aromatic rings. The molecule has 0 rings (SSSR count). The van der Waals surface area contributed by atoms with Gasteiger partial charge in [0.1, 0.15) is 6.29 Å². The molecule has 0 amide bonds. The van der Waals surface area contributed by atoms with Crippen LogP contribution in [0, 0.1) is 37.7 Å². The van der Waals surface area contributed by atoms with Crippen molar-refractivity contribution in [2.45, 2.75) is 14.4 Å². The van der Waals surface area contributed by atoms with Crippen molar-refractivity contribution in [3.63, 3.8) is 0 Å². The van der Waals surface area contributed by atoms with Gasteiger partial charge in [0.25, 0.3) is 0 Å². The van der Waals surface area contributed by atoms with E-state index in [0.29, 0.717) is 0 Å². The minimum absolute atomic E-state index is 0. The molecule has 0 bridgehead atoms.